The van der Waals surface area contributed by atoms with Gasteiger partial charge < -0.3 is 9.80 Å². The van der Waals surface area contributed by atoms with Crippen LogP contribution in [0.1, 0.15) is 17.5 Å². The predicted molar refractivity (Wildman–Crippen MR) is 101 cm³/mol. The van der Waals surface area contributed by atoms with Crippen molar-refractivity contribution in [3.05, 3.63) is 35.4 Å². The summed E-state index contributed by atoms with van der Waals surface area (Å²) in [5, 5.41) is 0. The third-order valence-corrected chi connectivity index (χ3v) is 6.28. The minimum absolute atomic E-state index is 0.310. The number of rotatable bonds is 5. The first-order valence-electron chi connectivity index (χ1n) is 8.96. The van der Waals surface area contributed by atoms with E-state index in [2.05, 4.69) is 52.9 Å². The molecule has 2 saturated heterocycles. The first kappa shape index (κ1) is 17.8. The summed E-state index contributed by atoms with van der Waals surface area (Å²) in [4.78, 5) is 19.5. The molecule has 0 unspecified atom stereocenters. The maximum absolute atomic E-state index is 12.5. The smallest absolute Gasteiger partial charge is 0.232 e. The van der Waals surface area contributed by atoms with Crippen molar-refractivity contribution in [2.24, 2.45) is 0 Å². The molecule has 2 aliphatic heterocycles. The van der Waals surface area contributed by atoms with Gasteiger partial charge in [0.15, 0.2) is 0 Å². The molecule has 2 aliphatic rings. The van der Waals surface area contributed by atoms with E-state index in [1.165, 1.54) is 11.1 Å². The van der Waals surface area contributed by atoms with Gasteiger partial charge in [0.05, 0.1) is 5.75 Å². The minimum Gasteiger partial charge on any atom is -0.340 e. The van der Waals surface area contributed by atoms with Gasteiger partial charge in [-0.05, 0) is 31.5 Å². The average Bonchev–Trinajstić information content (AvgIpc) is 3.07. The van der Waals surface area contributed by atoms with Crippen LogP contribution >= 0.6 is 11.8 Å². The van der Waals surface area contributed by atoms with E-state index >= 15 is 0 Å². The molecule has 5 heteroatoms. The number of likely N-dealkylation sites (N-methyl/N-ethyl adjacent to an activating group) is 1. The standard InChI is InChI=1S/C19H29N3OS/c1-16-5-3-4-6-17(16)14-24-15-19(23)22-8-7-18(13-22)21-11-9-20(2)10-12-21/h3-6,18H,7-15H2,1-2H3/t18-/m0/s1. The summed E-state index contributed by atoms with van der Waals surface area (Å²) < 4.78 is 0. The monoisotopic (exact) mass is 347 g/mol. The van der Waals surface area contributed by atoms with Crippen molar-refractivity contribution in [3.63, 3.8) is 0 Å². The molecule has 2 heterocycles. The van der Waals surface area contributed by atoms with E-state index in [1.54, 1.807) is 11.8 Å². The molecule has 3 rings (SSSR count). The van der Waals surface area contributed by atoms with Crippen molar-refractivity contribution in [1.82, 2.24) is 14.7 Å². The molecule has 1 aromatic rings. The number of carbonyl (C=O) groups excluding carboxylic acids is 1. The van der Waals surface area contributed by atoms with Crippen LogP contribution in [0.5, 0.6) is 0 Å². The zero-order valence-corrected chi connectivity index (χ0v) is 15.7. The number of amides is 1. The third-order valence-electron chi connectivity index (χ3n) is 5.31. The second-order valence-corrected chi connectivity index (χ2v) is 8.03. The van der Waals surface area contributed by atoms with E-state index in [9.17, 15) is 4.79 Å². The summed E-state index contributed by atoms with van der Waals surface area (Å²) in [5.41, 5.74) is 2.65. The van der Waals surface area contributed by atoms with Crippen molar-refractivity contribution >= 4 is 17.7 Å². The molecular formula is C19H29N3OS. The Bertz CT molecular complexity index is 557. The zero-order valence-electron chi connectivity index (χ0n) is 14.9. The van der Waals surface area contributed by atoms with Gasteiger partial charge in [0, 0.05) is 51.1 Å². The average molecular weight is 348 g/mol. The van der Waals surface area contributed by atoms with E-state index in [1.807, 2.05) is 0 Å². The second kappa shape index (κ2) is 8.37. The molecule has 0 aromatic heterocycles. The van der Waals surface area contributed by atoms with Crippen LogP contribution in [0.15, 0.2) is 24.3 Å². The Kier molecular flexibility index (Phi) is 6.19. The van der Waals surface area contributed by atoms with Gasteiger partial charge in [-0.25, -0.2) is 0 Å². The number of hydrogen-bond donors (Lipinski definition) is 0. The number of hydrogen-bond acceptors (Lipinski definition) is 4. The Morgan fingerprint density at radius 1 is 1.17 bits per heavy atom. The van der Waals surface area contributed by atoms with E-state index in [0.29, 0.717) is 17.7 Å². The highest BCUT2D eigenvalue weighted by Gasteiger charge is 2.31. The maximum atomic E-state index is 12.5. The lowest BCUT2D eigenvalue weighted by Crippen LogP contribution is -2.50. The largest absolute Gasteiger partial charge is 0.340 e. The molecule has 4 nitrogen and oxygen atoms in total. The van der Waals surface area contributed by atoms with Crippen LogP contribution in [0.4, 0.5) is 0 Å². The van der Waals surface area contributed by atoms with E-state index in [0.717, 1.165) is 51.4 Å². The summed E-state index contributed by atoms with van der Waals surface area (Å²) in [6, 6.07) is 9.01. The predicted octanol–water partition coefficient (Wildman–Crippen LogP) is 2.08. The van der Waals surface area contributed by atoms with Crippen LogP contribution in [0.25, 0.3) is 0 Å². The van der Waals surface area contributed by atoms with Crippen LogP contribution in [0.2, 0.25) is 0 Å². The molecule has 1 aromatic carbocycles. The minimum atomic E-state index is 0.310. The van der Waals surface area contributed by atoms with Gasteiger partial charge in [-0.2, -0.15) is 0 Å². The van der Waals surface area contributed by atoms with Gasteiger partial charge in [-0.15, -0.1) is 11.8 Å². The van der Waals surface area contributed by atoms with Gasteiger partial charge in [0.1, 0.15) is 0 Å². The Morgan fingerprint density at radius 2 is 1.92 bits per heavy atom. The van der Waals surface area contributed by atoms with Crippen molar-refractivity contribution in [3.8, 4) is 0 Å². The molecule has 0 saturated carbocycles. The second-order valence-electron chi connectivity index (χ2n) is 7.04. The first-order chi connectivity index (χ1) is 11.6. The summed E-state index contributed by atoms with van der Waals surface area (Å²) in [6.45, 7) is 8.58. The van der Waals surface area contributed by atoms with Gasteiger partial charge in [-0.1, -0.05) is 24.3 Å². The highest BCUT2D eigenvalue weighted by atomic mass is 32.2. The highest BCUT2D eigenvalue weighted by molar-refractivity contribution is 7.99. The molecule has 1 amide bonds. The van der Waals surface area contributed by atoms with Crippen molar-refractivity contribution in [1.29, 1.82) is 0 Å². The highest BCUT2D eigenvalue weighted by Crippen LogP contribution is 2.20. The summed E-state index contributed by atoms with van der Waals surface area (Å²) in [7, 11) is 2.19. The fraction of sp³-hybridized carbons (Fsp3) is 0.632. The van der Waals surface area contributed by atoms with Gasteiger partial charge in [-0.3, -0.25) is 9.69 Å². The quantitative estimate of drug-likeness (QED) is 0.815. The first-order valence-corrected chi connectivity index (χ1v) is 10.1. The molecule has 2 fully saturated rings. The number of benzene rings is 1. The van der Waals surface area contributed by atoms with Crippen molar-refractivity contribution in [2.75, 3.05) is 52.1 Å². The van der Waals surface area contributed by atoms with E-state index in [4.69, 9.17) is 0 Å². The van der Waals surface area contributed by atoms with Gasteiger partial charge in [0.2, 0.25) is 5.91 Å². The molecular weight excluding hydrogens is 318 g/mol. The van der Waals surface area contributed by atoms with Crippen LogP contribution < -0.4 is 0 Å². The maximum Gasteiger partial charge on any atom is 0.232 e. The molecule has 0 spiro atoms. The lowest BCUT2D eigenvalue weighted by atomic mass is 10.1. The molecule has 0 N–H and O–H groups in total. The van der Waals surface area contributed by atoms with Crippen LogP contribution in [0.3, 0.4) is 0 Å². The fourth-order valence-corrected chi connectivity index (χ4v) is 4.57. The fourth-order valence-electron chi connectivity index (χ4n) is 3.57. The SMILES string of the molecule is Cc1ccccc1CSCC(=O)N1CC[C@H](N2CCN(C)CC2)C1. The van der Waals surface area contributed by atoms with Crippen LogP contribution in [0, 0.1) is 6.92 Å². The van der Waals surface area contributed by atoms with E-state index in [-0.39, 0.29) is 0 Å². The number of likely N-dealkylation sites (tertiary alicyclic amines) is 1. The molecule has 24 heavy (non-hydrogen) atoms. The zero-order chi connectivity index (χ0) is 16.9. The summed E-state index contributed by atoms with van der Waals surface area (Å²) in [6.07, 6.45) is 1.14. The van der Waals surface area contributed by atoms with Crippen LogP contribution in [-0.2, 0) is 10.5 Å². The Morgan fingerprint density at radius 3 is 2.67 bits per heavy atom. The topological polar surface area (TPSA) is 26.8 Å². The summed E-state index contributed by atoms with van der Waals surface area (Å²) in [5.74, 6) is 1.84. The number of piperazine rings is 1. The Labute approximate surface area is 150 Å². The molecule has 0 radical (unpaired) electrons. The molecule has 132 valence electrons. The number of thioether (sulfide) groups is 1. The molecule has 0 aliphatic carbocycles. The van der Waals surface area contributed by atoms with Crippen LogP contribution in [-0.4, -0.2) is 78.7 Å². The Balaban J connectivity index is 1.41. The van der Waals surface area contributed by atoms with E-state index < -0.39 is 0 Å². The lowest BCUT2D eigenvalue weighted by molar-refractivity contribution is -0.127. The van der Waals surface area contributed by atoms with Gasteiger partial charge in [0.25, 0.3) is 0 Å². The molecule has 0 bridgehead atoms. The Hall–Kier alpha value is -1.04. The lowest BCUT2D eigenvalue weighted by Gasteiger charge is -2.36. The number of aryl methyl sites for hydroxylation is 1. The summed E-state index contributed by atoms with van der Waals surface area (Å²) >= 11 is 1.74. The number of carbonyl (C=O) groups is 1. The van der Waals surface area contributed by atoms with Crippen molar-refractivity contribution in [2.45, 2.75) is 25.1 Å². The van der Waals surface area contributed by atoms with Gasteiger partial charge >= 0.3 is 0 Å². The molecule has 1 atom stereocenters. The number of nitrogens with zero attached hydrogens (tertiary/aromatic N) is 3. The third kappa shape index (κ3) is 4.52. The normalized spacial score (nSPS) is 22.9. The van der Waals surface area contributed by atoms with Crippen molar-refractivity contribution < 1.29 is 4.79 Å².